The number of halogens is 1. The predicted octanol–water partition coefficient (Wildman–Crippen LogP) is 4.18. The van der Waals surface area contributed by atoms with Crippen molar-refractivity contribution in [2.24, 2.45) is 0 Å². The summed E-state index contributed by atoms with van der Waals surface area (Å²) in [4.78, 5) is 29.9. The number of benzene rings is 3. The maximum atomic E-state index is 14.6. The van der Waals surface area contributed by atoms with E-state index in [-0.39, 0.29) is 17.0 Å². The molecular formula is C25H19FN2O3. The topological polar surface area (TPSA) is 49.9 Å². The predicted molar refractivity (Wildman–Crippen MR) is 116 cm³/mol. The minimum absolute atomic E-state index is 0.0500. The third-order valence-corrected chi connectivity index (χ3v) is 5.69. The lowest BCUT2D eigenvalue weighted by molar-refractivity contribution is -0.120. The summed E-state index contributed by atoms with van der Waals surface area (Å²) in [5.74, 6) is -1.06. The average molecular weight is 414 g/mol. The number of methoxy groups -OCH3 is 1. The Morgan fingerprint density at radius 1 is 0.839 bits per heavy atom. The number of para-hydroxylation sites is 2. The Balaban J connectivity index is 1.69. The van der Waals surface area contributed by atoms with Crippen LogP contribution in [0.2, 0.25) is 0 Å². The summed E-state index contributed by atoms with van der Waals surface area (Å²) in [5.41, 5.74) is 3.05. The first kappa shape index (κ1) is 19.1. The summed E-state index contributed by atoms with van der Waals surface area (Å²) in [6.45, 7) is 0.568. The first-order chi connectivity index (χ1) is 15.1. The van der Waals surface area contributed by atoms with E-state index in [1.54, 1.807) is 37.4 Å². The number of ether oxygens (including phenoxy) is 1. The van der Waals surface area contributed by atoms with Gasteiger partial charge in [0.15, 0.2) is 0 Å². The van der Waals surface area contributed by atoms with Crippen LogP contribution in [-0.2, 0) is 16.0 Å². The fourth-order valence-electron chi connectivity index (χ4n) is 4.21. The average Bonchev–Trinajstić information content (AvgIpc) is 3.32. The van der Waals surface area contributed by atoms with Crippen LogP contribution in [0.5, 0.6) is 5.75 Å². The lowest BCUT2D eigenvalue weighted by atomic mass is 10.0. The first-order valence-electron chi connectivity index (χ1n) is 9.97. The monoisotopic (exact) mass is 414 g/mol. The van der Waals surface area contributed by atoms with Crippen LogP contribution < -0.4 is 14.5 Å². The molecule has 0 aromatic heterocycles. The van der Waals surface area contributed by atoms with Crippen LogP contribution in [-0.4, -0.2) is 25.5 Å². The van der Waals surface area contributed by atoms with Crippen LogP contribution in [0.3, 0.4) is 0 Å². The number of carbonyl (C=O) groups excluding carboxylic acids is 2. The van der Waals surface area contributed by atoms with E-state index in [1.807, 2.05) is 29.2 Å². The molecule has 5 nitrogen and oxygen atoms in total. The zero-order valence-electron chi connectivity index (χ0n) is 16.8. The van der Waals surface area contributed by atoms with Crippen LogP contribution in [0.15, 0.2) is 78.5 Å². The molecule has 3 aromatic rings. The van der Waals surface area contributed by atoms with Gasteiger partial charge in [-0.2, -0.15) is 0 Å². The van der Waals surface area contributed by atoms with E-state index in [0.717, 1.165) is 22.6 Å². The molecule has 0 spiro atoms. The standard InChI is InChI=1S/C25H19FN2O3/c1-31-18-12-10-17(11-13-18)22-23(27-15-14-16-6-2-4-8-20(16)27)25(30)28(24(22)29)21-9-5-3-7-19(21)26/h2-13H,14-15H2,1H3. The second kappa shape index (κ2) is 7.40. The third-order valence-electron chi connectivity index (χ3n) is 5.69. The highest BCUT2D eigenvalue weighted by molar-refractivity contribution is 6.46. The van der Waals surface area contributed by atoms with Crippen molar-refractivity contribution in [3.8, 4) is 5.75 Å². The Labute approximate surface area is 179 Å². The third kappa shape index (κ3) is 2.99. The molecule has 2 aliphatic heterocycles. The van der Waals surface area contributed by atoms with Gasteiger partial charge in [-0.25, -0.2) is 9.29 Å². The minimum Gasteiger partial charge on any atom is -0.497 e. The molecule has 0 N–H and O–H groups in total. The van der Waals surface area contributed by atoms with Crippen LogP contribution in [0.1, 0.15) is 11.1 Å². The lowest BCUT2D eigenvalue weighted by Crippen LogP contribution is -2.35. The van der Waals surface area contributed by atoms with Crippen molar-refractivity contribution < 1.29 is 18.7 Å². The lowest BCUT2D eigenvalue weighted by Gasteiger charge is -2.22. The molecule has 3 aromatic carbocycles. The molecule has 0 saturated heterocycles. The fourth-order valence-corrected chi connectivity index (χ4v) is 4.21. The van der Waals surface area contributed by atoms with E-state index in [9.17, 15) is 14.0 Å². The van der Waals surface area contributed by atoms with E-state index in [0.29, 0.717) is 17.9 Å². The minimum atomic E-state index is -0.624. The van der Waals surface area contributed by atoms with Gasteiger partial charge in [-0.3, -0.25) is 9.59 Å². The Hall–Kier alpha value is -3.93. The smallest absolute Gasteiger partial charge is 0.282 e. The molecular weight excluding hydrogens is 395 g/mol. The van der Waals surface area contributed by atoms with Gasteiger partial charge in [0.25, 0.3) is 11.8 Å². The maximum Gasteiger partial charge on any atom is 0.282 e. The largest absolute Gasteiger partial charge is 0.497 e. The van der Waals surface area contributed by atoms with Gasteiger partial charge < -0.3 is 9.64 Å². The summed E-state index contributed by atoms with van der Waals surface area (Å²) in [6.07, 6.45) is 0.761. The molecule has 0 radical (unpaired) electrons. The Bertz CT molecular complexity index is 1230. The van der Waals surface area contributed by atoms with Crippen LogP contribution in [0.25, 0.3) is 5.57 Å². The van der Waals surface area contributed by atoms with Crippen molar-refractivity contribution in [2.45, 2.75) is 6.42 Å². The molecule has 0 bridgehead atoms. The highest BCUT2D eigenvalue weighted by Gasteiger charge is 2.44. The van der Waals surface area contributed by atoms with Gasteiger partial charge in [0, 0.05) is 12.2 Å². The second-order valence-electron chi connectivity index (χ2n) is 7.38. The highest BCUT2D eigenvalue weighted by Crippen LogP contribution is 2.40. The summed E-state index contributed by atoms with van der Waals surface area (Å²) in [7, 11) is 1.56. The summed E-state index contributed by atoms with van der Waals surface area (Å²) >= 11 is 0. The van der Waals surface area contributed by atoms with Gasteiger partial charge >= 0.3 is 0 Å². The Morgan fingerprint density at radius 3 is 2.23 bits per heavy atom. The van der Waals surface area contributed by atoms with Gasteiger partial charge in [-0.1, -0.05) is 42.5 Å². The van der Waals surface area contributed by atoms with E-state index in [1.165, 1.54) is 18.2 Å². The van der Waals surface area contributed by atoms with Gasteiger partial charge in [-0.15, -0.1) is 0 Å². The quantitative estimate of drug-likeness (QED) is 0.601. The molecule has 31 heavy (non-hydrogen) atoms. The molecule has 0 saturated carbocycles. The van der Waals surface area contributed by atoms with Crippen molar-refractivity contribution >= 4 is 28.8 Å². The van der Waals surface area contributed by atoms with Crippen molar-refractivity contribution in [3.05, 3.63) is 95.4 Å². The van der Waals surface area contributed by atoms with Crippen molar-refractivity contribution in [3.63, 3.8) is 0 Å². The number of imide groups is 1. The highest BCUT2D eigenvalue weighted by atomic mass is 19.1. The van der Waals surface area contributed by atoms with Gasteiger partial charge in [0.05, 0.1) is 18.4 Å². The zero-order chi connectivity index (χ0) is 21.5. The normalized spacial score (nSPS) is 15.7. The van der Waals surface area contributed by atoms with Crippen LogP contribution in [0, 0.1) is 5.82 Å². The molecule has 5 rings (SSSR count). The zero-order valence-corrected chi connectivity index (χ0v) is 16.8. The number of amides is 2. The summed E-state index contributed by atoms with van der Waals surface area (Å²) in [6, 6.07) is 20.6. The fraction of sp³-hybridized carbons (Fsp3) is 0.120. The van der Waals surface area contributed by atoms with E-state index in [2.05, 4.69) is 0 Å². The van der Waals surface area contributed by atoms with Crippen molar-refractivity contribution in [1.29, 1.82) is 0 Å². The second-order valence-corrected chi connectivity index (χ2v) is 7.38. The SMILES string of the molecule is COc1ccc(C2=C(N3CCc4ccccc43)C(=O)N(c3ccccc3F)C2=O)cc1. The number of anilines is 2. The molecule has 0 aliphatic carbocycles. The molecule has 0 atom stereocenters. The first-order valence-corrected chi connectivity index (χ1v) is 9.97. The number of hydrogen-bond donors (Lipinski definition) is 0. The molecule has 0 unspecified atom stereocenters. The Kier molecular flexibility index (Phi) is 4.55. The number of carbonyl (C=O) groups is 2. The van der Waals surface area contributed by atoms with E-state index >= 15 is 0 Å². The number of hydrogen-bond acceptors (Lipinski definition) is 4. The summed E-state index contributed by atoms with van der Waals surface area (Å²) in [5, 5.41) is 0. The molecule has 2 aliphatic rings. The van der Waals surface area contributed by atoms with E-state index in [4.69, 9.17) is 4.74 Å². The molecule has 0 fully saturated rings. The van der Waals surface area contributed by atoms with Gasteiger partial charge in [-0.05, 0) is 47.9 Å². The van der Waals surface area contributed by atoms with Gasteiger partial charge in [0.2, 0.25) is 0 Å². The molecule has 2 heterocycles. The molecule has 6 heteroatoms. The van der Waals surface area contributed by atoms with Crippen molar-refractivity contribution in [1.82, 2.24) is 0 Å². The number of fused-ring (bicyclic) bond motifs is 1. The van der Waals surface area contributed by atoms with Crippen LogP contribution in [0.4, 0.5) is 15.8 Å². The van der Waals surface area contributed by atoms with Crippen molar-refractivity contribution in [2.75, 3.05) is 23.5 Å². The number of rotatable bonds is 4. The maximum absolute atomic E-state index is 14.6. The van der Waals surface area contributed by atoms with E-state index < -0.39 is 17.6 Å². The Morgan fingerprint density at radius 2 is 1.52 bits per heavy atom. The van der Waals surface area contributed by atoms with Crippen LogP contribution >= 0.6 is 0 Å². The summed E-state index contributed by atoms with van der Waals surface area (Å²) < 4.78 is 19.8. The molecule has 2 amide bonds. The van der Waals surface area contributed by atoms with Gasteiger partial charge in [0.1, 0.15) is 17.3 Å². The molecule has 154 valence electrons. The number of nitrogens with zero attached hydrogens (tertiary/aromatic N) is 2.